The number of fused-ring (bicyclic) bond motifs is 1. The average Bonchev–Trinajstić information content (AvgIpc) is 2.94. The van der Waals surface area contributed by atoms with E-state index in [0.717, 1.165) is 16.5 Å². The third kappa shape index (κ3) is 4.48. The van der Waals surface area contributed by atoms with Crippen molar-refractivity contribution >= 4 is 28.8 Å². The van der Waals surface area contributed by atoms with Crippen molar-refractivity contribution in [2.75, 3.05) is 0 Å². The highest BCUT2D eigenvalue weighted by atomic mass is 16.4. The molecule has 1 heterocycles. The van der Waals surface area contributed by atoms with Crippen LogP contribution in [-0.4, -0.2) is 51.3 Å². The molecule has 0 saturated heterocycles. The molecule has 3 amide bonds. The third-order valence-corrected chi connectivity index (χ3v) is 3.80. The summed E-state index contributed by atoms with van der Waals surface area (Å²) in [5, 5.41) is 23.8. The van der Waals surface area contributed by atoms with E-state index >= 15 is 0 Å². The molecule has 1 aromatic carbocycles. The number of hydrogen-bond donors (Lipinski definition) is 6. The van der Waals surface area contributed by atoms with Crippen molar-refractivity contribution in [1.29, 1.82) is 0 Å². The smallest absolute Gasteiger partial charge is 0.405 e. The molecule has 0 spiro atoms. The number of benzene rings is 1. The highest BCUT2D eigenvalue weighted by molar-refractivity contribution is 5.92. The van der Waals surface area contributed by atoms with Crippen LogP contribution in [0.4, 0.5) is 4.79 Å². The molecule has 0 radical (unpaired) electrons. The minimum Gasteiger partial charge on any atom is -0.465 e. The second-order valence-electron chi connectivity index (χ2n) is 5.69. The summed E-state index contributed by atoms with van der Waals surface area (Å²) in [7, 11) is 0. The van der Waals surface area contributed by atoms with Gasteiger partial charge in [-0.1, -0.05) is 18.2 Å². The SMILES string of the molecule is C[C@@H](O)[C@H](NC(=O)[C@H](Cc1c[nH]c2ccccc12)NC(=O)O)C(N)=O. The number of aromatic amines is 1. The number of carboxylic acid groups (broad SMARTS) is 1. The Kier molecular flexibility index (Phi) is 5.60. The number of aromatic nitrogens is 1. The Morgan fingerprint density at radius 3 is 2.52 bits per heavy atom. The Morgan fingerprint density at radius 1 is 1.24 bits per heavy atom. The number of aliphatic hydroxyl groups excluding tert-OH is 1. The summed E-state index contributed by atoms with van der Waals surface area (Å²) in [5.74, 6) is -1.66. The number of rotatable bonds is 7. The molecule has 134 valence electrons. The van der Waals surface area contributed by atoms with Crippen LogP contribution in [0.3, 0.4) is 0 Å². The Labute approximate surface area is 143 Å². The molecule has 3 atom stereocenters. The second-order valence-corrected chi connectivity index (χ2v) is 5.69. The summed E-state index contributed by atoms with van der Waals surface area (Å²) < 4.78 is 0. The van der Waals surface area contributed by atoms with Crippen molar-refractivity contribution < 1.29 is 24.6 Å². The largest absolute Gasteiger partial charge is 0.465 e. The first-order chi connectivity index (χ1) is 11.8. The summed E-state index contributed by atoms with van der Waals surface area (Å²) in [4.78, 5) is 37.8. The first kappa shape index (κ1) is 18.3. The quantitative estimate of drug-likeness (QED) is 0.405. The van der Waals surface area contributed by atoms with Crippen LogP contribution < -0.4 is 16.4 Å². The predicted molar refractivity (Wildman–Crippen MR) is 89.8 cm³/mol. The van der Waals surface area contributed by atoms with E-state index in [1.807, 2.05) is 24.3 Å². The van der Waals surface area contributed by atoms with Crippen LogP contribution in [0.1, 0.15) is 12.5 Å². The van der Waals surface area contributed by atoms with Crippen molar-refractivity contribution in [2.24, 2.45) is 5.73 Å². The van der Waals surface area contributed by atoms with E-state index < -0.39 is 36.1 Å². The van der Waals surface area contributed by atoms with E-state index in [0.29, 0.717) is 0 Å². The number of H-pyrrole nitrogens is 1. The Morgan fingerprint density at radius 2 is 1.92 bits per heavy atom. The molecule has 0 aliphatic carbocycles. The zero-order valence-corrected chi connectivity index (χ0v) is 13.5. The predicted octanol–water partition coefficient (Wildman–Crippen LogP) is -0.302. The first-order valence-corrected chi connectivity index (χ1v) is 7.61. The Bertz CT molecular complexity index is 786. The van der Waals surface area contributed by atoms with Gasteiger partial charge in [0.05, 0.1) is 6.10 Å². The summed E-state index contributed by atoms with van der Waals surface area (Å²) in [6.07, 6.45) is -0.838. The highest BCUT2D eigenvalue weighted by Crippen LogP contribution is 2.19. The molecule has 25 heavy (non-hydrogen) atoms. The number of para-hydroxylation sites is 1. The van der Waals surface area contributed by atoms with Crippen molar-refractivity contribution in [3.8, 4) is 0 Å². The number of nitrogens with two attached hydrogens (primary N) is 1. The van der Waals surface area contributed by atoms with E-state index in [9.17, 15) is 19.5 Å². The van der Waals surface area contributed by atoms with Gasteiger partial charge in [-0.2, -0.15) is 0 Å². The minimum absolute atomic E-state index is 0.0629. The van der Waals surface area contributed by atoms with E-state index in [-0.39, 0.29) is 6.42 Å². The monoisotopic (exact) mass is 348 g/mol. The number of nitrogens with one attached hydrogen (secondary N) is 3. The lowest BCUT2D eigenvalue weighted by Gasteiger charge is -2.22. The van der Waals surface area contributed by atoms with Gasteiger partial charge in [0.15, 0.2) is 0 Å². The summed E-state index contributed by atoms with van der Waals surface area (Å²) in [5.41, 5.74) is 6.73. The van der Waals surface area contributed by atoms with Gasteiger partial charge in [0.1, 0.15) is 12.1 Å². The van der Waals surface area contributed by atoms with Gasteiger partial charge in [-0.25, -0.2) is 4.79 Å². The van der Waals surface area contributed by atoms with Crippen LogP contribution in [0.5, 0.6) is 0 Å². The summed E-state index contributed by atoms with van der Waals surface area (Å²) in [6, 6.07) is 4.91. The van der Waals surface area contributed by atoms with Crippen LogP contribution >= 0.6 is 0 Å². The zero-order chi connectivity index (χ0) is 18.6. The molecule has 0 saturated carbocycles. The second kappa shape index (κ2) is 7.67. The average molecular weight is 348 g/mol. The van der Waals surface area contributed by atoms with Gasteiger partial charge in [-0.15, -0.1) is 0 Å². The maximum atomic E-state index is 12.4. The molecule has 0 bridgehead atoms. The molecule has 7 N–H and O–H groups in total. The first-order valence-electron chi connectivity index (χ1n) is 7.61. The molecule has 0 aliphatic rings. The zero-order valence-electron chi connectivity index (χ0n) is 13.5. The summed E-state index contributed by atoms with van der Waals surface area (Å²) >= 11 is 0. The van der Waals surface area contributed by atoms with E-state index in [1.54, 1.807) is 6.20 Å². The lowest BCUT2D eigenvalue weighted by Crippen LogP contribution is -2.56. The molecular weight excluding hydrogens is 328 g/mol. The van der Waals surface area contributed by atoms with Gasteiger partial charge in [0.25, 0.3) is 0 Å². The number of primary amides is 1. The molecule has 0 unspecified atom stereocenters. The molecule has 0 fully saturated rings. The fourth-order valence-corrected chi connectivity index (χ4v) is 2.56. The van der Waals surface area contributed by atoms with Crippen molar-refractivity contribution in [1.82, 2.24) is 15.6 Å². The lowest BCUT2D eigenvalue weighted by atomic mass is 10.0. The minimum atomic E-state index is -1.38. The van der Waals surface area contributed by atoms with E-state index in [4.69, 9.17) is 10.8 Å². The van der Waals surface area contributed by atoms with Crippen LogP contribution in [0.25, 0.3) is 10.9 Å². The number of amides is 3. The summed E-state index contributed by atoms with van der Waals surface area (Å²) in [6.45, 7) is 1.30. The van der Waals surface area contributed by atoms with Crippen molar-refractivity contribution in [2.45, 2.75) is 31.5 Å². The fraction of sp³-hybridized carbons (Fsp3) is 0.312. The number of aliphatic hydroxyl groups is 1. The topological polar surface area (TPSA) is 158 Å². The van der Waals surface area contributed by atoms with Crippen molar-refractivity contribution in [3.05, 3.63) is 36.0 Å². The molecule has 9 nitrogen and oxygen atoms in total. The molecule has 2 aromatic rings. The number of carbonyl (C=O) groups excluding carboxylic acids is 2. The third-order valence-electron chi connectivity index (χ3n) is 3.80. The maximum Gasteiger partial charge on any atom is 0.405 e. The van der Waals surface area contributed by atoms with Gasteiger partial charge in [0.2, 0.25) is 11.8 Å². The van der Waals surface area contributed by atoms with Gasteiger partial charge in [0, 0.05) is 23.5 Å². The molecular formula is C16H20N4O5. The Balaban J connectivity index is 2.22. The van der Waals surface area contributed by atoms with Gasteiger partial charge in [-0.3, -0.25) is 9.59 Å². The standard InChI is InChI=1S/C16H20N4O5/c1-8(21)13(14(17)22)20-15(23)12(19-16(24)25)6-9-7-18-11-5-3-2-4-10(9)11/h2-5,7-8,12-13,18-19,21H,6H2,1H3,(H2,17,22)(H,20,23)(H,24,25)/t8-,12+,13+/m1/s1. The van der Waals surface area contributed by atoms with E-state index in [1.165, 1.54) is 6.92 Å². The molecule has 2 rings (SSSR count). The Hall–Kier alpha value is -3.07. The van der Waals surface area contributed by atoms with Crippen molar-refractivity contribution in [3.63, 3.8) is 0 Å². The fourth-order valence-electron chi connectivity index (χ4n) is 2.56. The lowest BCUT2D eigenvalue weighted by molar-refractivity contribution is -0.130. The van der Waals surface area contributed by atoms with Crippen LogP contribution in [-0.2, 0) is 16.0 Å². The van der Waals surface area contributed by atoms with Gasteiger partial charge in [-0.05, 0) is 18.6 Å². The van der Waals surface area contributed by atoms with Gasteiger partial charge < -0.3 is 31.6 Å². The van der Waals surface area contributed by atoms with Crippen LogP contribution in [0.15, 0.2) is 30.5 Å². The number of hydrogen-bond acceptors (Lipinski definition) is 4. The van der Waals surface area contributed by atoms with Crippen LogP contribution in [0, 0.1) is 0 Å². The molecule has 0 aliphatic heterocycles. The van der Waals surface area contributed by atoms with E-state index in [2.05, 4.69) is 15.6 Å². The maximum absolute atomic E-state index is 12.4. The van der Waals surface area contributed by atoms with Crippen LogP contribution in [0.2, 0.25) is 0 Å². The highest BCUT2D eigenvalue weighted by Gasteiger charge is 2.29. The number of carbonyl (C=O) groups is 3. The molecule has 1 aromatic heterocycles. The normalized spacial score (nSPS) is 14.5. The van der Waals surface area contributed by atoms with Gasteiger partial charge >= 0.3 is 6.09 Å². The molecule has 9 heteroatoms.